The Morgan fingerprint density at radius 3 is 2.25 bits per heavy atom. The van der Waals surface area contributed by atoms with Crippen molar-refractivity contribution in [1.82, 2.24) is 9.80 Å². The number of amides is 2. The Labute approximate surface area is 193 Å². The molecule has 2 saturated heterocycles. The second kappa shape index (κ2) is 12.2. The summed E-state index contributed by atoms with van der Waals surface area (Å²) in [5.41, 5.74) is 0.819. The van der Waals surface area contributed by atoms with E-state index in [0.717, 1.165) is 89.0 Å². The Kier molecular flexibility index (Phi) is 9.39. The lowest BCUT2D eigenvalue weighted by molar-refractivity contribution is -0.137. The van der Waals surface area contributed by atoms with Gasteiger partial charge in [-0.05, 0) is 75.9 Å². The molecular formula is C26H41N3O3. The molecule has 0 radical (unpaired) electrons. The summed E-state index contributed by atoms with van der Waals surface area (Å²) in [7, 11) is 1.64. The lowest BCUT2D eigenvalue weighted by atomic mass is 9.92. The van der Waals surface area contributed by atoms with Crippen molar-refractivity contribution >= 4 is 17.5 Å². The van der Waals surface area contributed by atoms with Gasteiger partial charge in [-0.15, -0.1) is 0 Å². The van der Waals surface area contributed by atoms with Crippen molar-refractivity contribution in [3.8, 4) is 5.75 Å². The van der Waals surface area contributed by atoms with Gasteiger partial charge in [-0.3, -0.25) is 9.59 Å². The third kappa shape index (κ3) is 6.47. The van der Waals surface area contributed by atoms with Crippen LogP contribution in [0.15, 0.2) is 24.3 Å². The van der Waals surface area contributed by atoms with Crippen molar-refractivity contribution in [3.63, 3.8) is 0 Å². The average Bonchev–Trinajstić information content (AvgIpc) is 2.85. The molecule has 1 N–H and O–H groups in total. The van der Waals surface area contributed by atoms with Gasteiger partial charge in [0, 0.05) is 36.7 Å². The van der Waals surface area contributed by atoms with Gasteiger partial charge in [0.1, 0.15) is 5.75 Å². The van der Waals surface area contributed by atoms with Crippen LogP contribution in [0.5, 0.6) is 5.75 Å². The van der Waals surface area contributed by atoms with E-state index in [0.29, 0.717) is 11.9 Å². The first-order chi connectivity index (χ1) is 15.5. The van der Waals surface area contributed by atoms with Crippen LogP contribution >= 0.6 is 0 Å². The number of carbonyl (C=O) groups is 2. The minimum absolute atomic E-state index is 0.0684. The number of hydrogen-bond acceptors (Lipinski definition) is 4. The summed E-state index contributed by atoms with van der Waals surface area (Å²) >= 11 is 0. The van der Waals surface area contributed by atoms with Crippen LogP contribution in [0.2, 0.25) is 0 Å². The van der Waals surface area contributed by atoms with Crippen LogP contribution in [-0.4, -0.2) is 60.9 Å². The van der Waals surface area contributed by atoms with Gasteiger partial charge in [-0.1, -0.05) is 26.7 Å². The standard InChI is InChI=1S/C26H41N3O3/c1-4-6-7-20(5-2)26(31)29-18-14-23(15-19-29)28-16-12-21(13-17-28)25(30)27-22-8-10-24(32-3)11-9-22/h8-11,20-21,23H,4-7,12-19H2,1-3H3,(H,27,30)/t20-/m1/s1. The number of likely N-dealkylation sites (tertiary alicyclic amines) is 2. The molecule has 2 aliphatic heterocycles. The summed E-state index contributed by atoms with van der Waals surface area (Å²) < 4.78 is 5.17. The molecule has 1 aromatic carbocycles. The molecule has 3 rings (SSSR count). The Bertz CT molecular complexity index is 720. The van der Waals surface area contributed by atoms with Crippen molar-refractivity contribution in [2.75, 3.05) is 38.6 Å². The number of ether oxygens (including phenoxy) is 1. The van der Waals surface area contributed by atoms with Gasteiger partial charge in [0.25, 0.3) is 0 Å². The largest absolute Gasteiger partial charge is 0.497 e. The smallest absolute Gasteiger partial charge is 0.227 e. The fraction of sp³-hybridized carbons (Fsp3) is 0.692. The zero-order valence-corrected chi connectivity index (χ0v) is 20.1. The highest BCUT2D eigenvalue weighted by Crippen LogP contribution is 2.27. The van der Waals surface area contributed by atoms with Gasteiger partial charge < -0.3 is 19.9 Å². The maximum absolute atomic E-state index is 12.9. The normalized spacial score (nSPS) is 19.5. The second-order valence-corrected chi connectivity index (χ2v) is 9.33. The quantitative estimate of drug-likeness (QED) is 0.608. The number of hydrogen-bond donors (Lipinski definition) is 1. The molecule has 0 spiro atoms. The van der Waals surface area contributed by atoms with E-state index >= 15 is 0 Å². The highest BCUT2D eigenvalue weighted by molar-refractivity contribution is 5.92. The summed E-state index contributed by atoms with van der Waals surface area (Å²) in [6.45, 7) is 8.02. The molecule has 32 heavy (non-hydrogen) atoms. The van der Waals surface area contributed by atoms with E-state index in [2.05, 4.69) is 29.0 Å². The summed E-state index contributed by atoms with van der Waals surface area (Å²) in [5, 5.41) is 3.05. The lowest BCUT2D eigenvalue weighted by Gasteiger charge is -2.42. The molecule has 0 aliphatic carbocycles. The number of carbonyl (C=O) groups excluding carboxylic acids is 2. The zero-order chi connectivity index (χ0) is 22.9. The summed E-state index contributed by atoms with van der Waals surface area (Å²) in [6.07, 6.45) is 8.17. The van der Waals surface area contributed by atoms with Crippen LogP contribution in [0.3, 0.4) is 0 Å². The predicted molar refractivity (Wildman–Crippen MR) is 129 cm³/mol. The highest BCUT2D eigenvalue weighted by Gasteiger charge is 2.32. The van der Waals surface area contributed by atoms with Crippen LogP contribution in [0.4, 0.5) is 5.69 Å². The van der Waals surface area contributed by atoms with Crippen molar-refractivity contribution in [2.45, 2.75) is 71.3 Å². The maximum Gasteiger partial charge on any atom is 0.227 e. The Balaban J connectivity index is 1.41. The van der Waals surface area contributed by atoms with E-state index in [-0.39, 0.29) is 17.7 Å². The number of unbranched alkanes of at least 4 members (excludes halogenated alkanes) is 1. The molecule has 6 heteroatoms. The number of nitrogens with zero attached hydrogens (tertiary/aromatic N) is 2. The molecule has 0 bridgehead atoms. The number of anilines is 1. The van der Waals surface area contributed by atoms with E-state index in [1.165, 1.54) is 0 Å². The monoisotopic (exact) mass is 443 g/mol. The van der Waals surface area contributed by atoms with Crippen LogP contribution in [0.1, 0.15) is 65.2 Å². The minimum Gasteiger partial charge on any atom is -0.497 e. The van der Waals surface area contributed by atoms with Crippen LogP contribution in [-0.2, 0) is 9.59 Å². The van der Waals surface area contributed by atoms with E-state index in [9.17, 15) is 9.59 Å². The van der Waals surface area contributed by atoms with E-state index in [1.807, 2.05) is 24.3 Å². The molecule has 2 aliphatic rings. The second-order valence-electron chi connectivity index (χ2n) is 9.33. The molecule has 2 heterocycles. The van der Waals surface area contributed by atoms with Gasteiger partial charge in [0.2, 0.25) is 11.8 Å². The molecule has 178 valence electrons. The molecular weight excluding hydrogens is 402 g/mol. The van der Waals surface area contributed by atoms with Gasteiger partial charge in [-0.25, -0.2) is 0 Å². The molecule has 1 atom stereocenters. The molecule has 6 nitrogen and oxygen atoms in total. The third-order valence-electron chi connectivity index (χ3n) is 7.30. The van der Waals surface area contributed by atoms with E-state index in [4.69, 9.17) is 4.74 Å². The van der Waals surface area contributed by atoms with E-state index < -0.39 is 0 Å². The number of piperidine rings is 2. The molecule has 2 amide bonds. The third-order valence-corrected chi connectivity index (χ3v) is 7.30. The fourth-order valence-electron chi connectivity index (χ4n) is 5.11. The van der Waals surface area contributed by atoms with Crippen molar-refractivity contribution in [3.05, 3.63) is 24.3 Å². The fourth-order valence-corrected chi connectivity index (χ4v) is 5.11. The van der Waals surface area contributed by atoms with Crippen molar-refractivity contribution < 1.29 is 14.3 Å². The Hall–Kier alpha value is -2.08. The molecule has 2 fully saturated rings. The van der Waals surface area contributed by atoms with E-state index in [1.54, 1.807) is 7.11 Å². The van der Waals surface area contributed by atoms with Gasteiger partial charge in [-0.2, -0.15) is 0 Å². The maximum atomic E-state index is 12.9. The minimum atomic E-state index is 0.0684. The zero-order valence-electron chi connectivity index (χ0n) is 20.1. The first-order valence-corrected chi connectivity index (χ1v) is 12.5. The van der Waals surface area contributed by atoms with Crippen molar-refractivity contribution in [1.29, 1.82) is 0 Å². The van der Waals surface area contributed by atoms with Crippen LogP contribution in [0.25, 0.3) is 0 Å². The van der Waals surface area contributed by atoms with Crippen molar-refractivity contribution in [2.24, 2.45) is 11.8 Å². The molecule has 1 aromatic rings. The summed E-state index contributed by atoms with van der Waals surface area (Å²) in [5.74, 6) is 1.54. The van der Waals surface area contributed by atoms with Crippen LogP contribution < -0.4 is 10.1 Å². The first-order valence-electron chi connectivity index (χ1n) is 12.5. The van der Waals surface area contributed by atoms with Gasteiger partial charge in [0.05, 0.1) is 7.11 Å². The lowest BCUT2D eigenvalue weighted by Crippen LogP contribution is -2.50. The molecule has 0 aromatic heterocycles. The highest BCUT2D eigenvalue weighted by atomic mass is 16.5. The van der Waals surface area contributed by atoms with Gasteiger partial charge >= 0.3 is 0 Å². The summed E-state index contributed by atoms with van der Waals surface area (Å²) in [4.78, 5) is 30.2. The Morgan fingerprint density at radius 1 is 1.03 bits per heavy atom. The molecule has 0 saturated carbocycles. The average molecular weight is 444 g/mol. The van der Waals surface area contributed by atoms with Crippen LogP contribution in [0, 0.1) is 11.8 Å². The molecule has 0 unspecified atom stereocenters. The SMILES string of the molecule is CCCC[C@@H](CC)C(=O)N1CCC(N2CCC(C(=O)Nc3ccc(OC)cc3)CC2)CC1. The number of benzene rings is 1. The predicted octanol–water partition coefficient (Wildman–Crippen LogP) is 4.55. The number of methoxy groups -OCH3 is 1. The Morgan fingerprint density at radius 2 is 1.69 bits per heavy atom. The number of nitrogens with one attached hydrogen (secondary N) is 1. The summed E-state index contributed by atoms with van der Waals surface area (Å²) in [6, 6.07) is 8.03. The topological polar surface area (TPSA) is 61.9 Å². The van der Waals surface area contributed by atoms with Gasteiger partial charge in [0.15, 0.2) is 0 Å². The number of rotatable bonds is 9. The first kappa shape index (κ1) is 24.6.